The summed E-state index contributed by atoms with van der Waals surface area (Å²) in [6.07, 6.45) is 6.91. The zero-order valence-corrected chi connectivity index (χ0v) is 43.8. The molecule has 18 heteroatoms. The fourth-order valence-electron chi connectivity index (χ4n) is 10.3. The Hall–Kier alpha value is -8.11. The lowest BCUT2D eigenvalue weighted by atomic mass is 9.92. The number of nitrogens with zero attached hydrogens (tertiary/aromatic N) is 9. The highest BCUT2D eigenvalue weighted by atomic mass is 79.9. The molecule has 0 saturated carbocycles. The monoisotopic (exact) mass is 1100 g/mol. The number of aromatic nitrogens is 6. The number of hydrogen-bond donors (Lipinski definition) is 2. The lowest BCUT2D eigenvalue weighted by molar-refractivity contribution is 0.0257. The van der Waals surface area contributed by atoms with Crippen LogP contribution in [0.5, 0.6) is 0 Å². The molecule has 6 aromatic heterocycles. The average molecular weight is 1100 g/mol. The maximum absolute atomic E-state index is 17.5. The third-order valence-corrected chi connectivity index (χ3v) is 14.8. The molecule has 2 atom stereocenters. The largest absolute Gasteiger partial charge is 0.378 e. The maximum atomic E-state index is 17.5. The number of ether oxygens (including phenoxy) is 2. The number of pyridine rings is 6. The molecule has 11 rings (SSSR count). The summed E-state index contributed by atoms with van der Waals surface area (Å²) in [5, 5.41) is 16.9. The number of rotatable bonds is 13. The highest BCUT2D eigenvalue weighted by Crippen LogP contribution is 2.43. The van der Waals surface area contributed by atoms with Crippen molar-refractivity contribution >= 4 is 72.1 Å². The fourth-order valence-corrected chi connectivity index (χ4v) is 10.6. The minimum atomic E-state index is -0.788. The number of nitrogens with one attached hydrogen (secondary N) is 2. The molecule has 9 aromatic rings. The number of morpholine rings is 2. The van der Waals surface area contributed by atoms with Crippen LogP contribution in [0.3, 0.4) is 0 Å². The van der Waals surface area contributed by atoms with Gasteiger partial charge in [-0.1, -0.05) is 31.2 Å². The van der Waals surface area contributed by atoms with Crippen LogP contribution >= 0.6 is 15.9 Å². The number of benzene rings is 3. The third kappa shape index (κ3) is 10.5. The molecule has 3 aromatic carbocycles. The molecule has 2 N–H and O–H groups in total. The third-order valence-electron chi connectivity index (χ3n) is 14.2. The summed E-state index contributed by atoms with van der Waals surface area (Å²) in [6, 6.07) is 27.2. The summed E-state index contributed by atoms with van der Waals surface area (Å²) in [5.41, 5.74) is 7.29. The van der Waals surface area contributed by atoms with E-state index in [1.807, 2.05) is 63.2 Å². The van der Waals surface area contributed by atoms with E-state index in [0.717, 1.165) is 17.4 Å². The normalized spacial score (nSPS) is 15.2. The van der Waals surface area contributed by atoms with Gasteiger partial charge in [0.05, 0.1) is 109 Å². The molecule has 388 valence electrons. The van der Waals surface area contributed by atoms with E-state index in [1.165, 1.54) is 12.1 Å². The first kappa shape index (κ1) is 51.0. The molecule has 0 spiro atoms. The second kappa shape index (κ2) is 21.9. The van der Waals surface area contributed by atoms with Crippen molar-refractivity contribution in [3.8, 4) is 40.0 Å². The molecule has 2 saturated heterocycles. The van der Waals surface area contributed by atoms with Gasteiger partial charge < -0.3 is 29.9 Å². The van der Waals surface area contributed by atoms with E-state index < -0.39 is 23.3 Å². The van der Waals surface area contributed by atoms with Crippen LogP contribution < -0.4 is 20.4 Å². The van der Waals surface area contributed by atoms with Gasteiger partial charge in [0.15, 0.2) is 0 Å². The summed E-state index contributed by atoms with van der Waals surface area (Å²) >= 11 is 3.66. The molecule has 0 radical (unpaired) electrons. The van der Waals surface area contributed by atoms with Gasteiger partial charge in [0.25, 0.3) is 0 Å². The summed E-state index contributed by atoms with van der Waals surface area (Å²) in [5.74, 6) is -1.89. The Morgan fingerprint density at radius 2 is 1.34 bits per heavy atom. The van der Waals surface area contributed by atoms with Crippen molar-refractivity contribution in [3.05, 3.63) is 166 Å². The Morgan fingerprint density at radius 3 is 2.01 bits per heavy atom. The molecule has 8 heterocycles. The summed E-state index contributed by atoms with van der Waals surface area (Å²) < 4.78 is 77.4. The number of halogens is 5. The smallest absolute Gasteiger partial charge is 0.140 e. The average Bonchev–Trinajstić information content (AvgIpc) is 3.45. The van der Waals surface area contributed by atoms with Crippen LogP contribution in [0.4, 0.5) is 51.9 Å². The summed E-state index contributed by atoms with van der Waals surface area (Å²) in [4.78, 5) is 32.4. The van der Waals surface area contributed by atoms with E-state index in [-0.39, 0.29) is 45.8 Å². The maximum Gasteiger partial charge on any atom is 0.140 e. The van der Waals surface area contributed by atoms with E-state index in [1.54, 1.807) is 55.1 Å². The molecular formula is C59H50BrF4N11O2. The molecule has 13 nitrogen and oxygen atoms in total. The molecule has 2 unspecified atom stereocenters. The quantitative estimate of drug-likeness (QED) is 0.106. The van der Waals surface area contributed by atoms with Gasteiger partial charge in [-0.05, 0) is 90.5 Å². The van der Waals surface area contributed by atoms with Gasteiger partial charge in [0, 0.05) is 104 Å². The van der Waals surface area contributed by atoms with Gasteiger partial charge in [-0.2, -0.15) is 5.26 Å². The van der Waals surface area contributed by atoms with Crippen LogP contribution in [-0.4, -0.2) is 82.0 Å². The SMILES string of the molecule is Cc1c(-c2ccccn2)nc2cc(F)cc(F)c2c1Nc1cc(N2CCOC(CC(C)Cc3c(F)cc4nc(-c5ccccn5)c(C)c(Nc5cc(N6CCOCC6)ncc5Br)c4c3F)C2)ncc1-c1ccc(C#N)cc1. The molecule has 2 fully saturated rings. The van der Waals surface area contributed by atoms with E-state index in [4.69, 9.17) is 24.4 Å². The molecule has 2 aliphatic heterocycles. The van der Waals surface area contributed by atoms with Crippen LogP contribution in [-0.2, 0) is 15.9 Å². The predicted molar refractivity (Wildman–Crippen MR) is 295 cm³/mol. The van der Waals surface area contributed by atoms with E-state index in [0.29, 0.717) is 130 Å². The first-order valence-corrected chi connectivity index (χ1v) is 26.0. The molecule has 77 heavy (non-hydrogen) atoms. The Kier molecular flexibility index (Phi) is 14.5. The second-order valence-corrected chi connectivity index (χ2v) is 20.2. The molecular weight excluding hydrogens is 1050 g/mol. The van der Waals surface area contributed by atoms with E-state index in [2.05, 4.69) is 57.4 Å². The molecule has 0 bridgehead atoms. The second-order valence-electron chi connectivity index (χ2n) is 19.3. The number of nitriles is 1. The Morgan fingerprint density at radius 1 is 0.714 bits per heavy atom. The Balaban J connectivity index is 0.899. The van der Waals surface area contributed by atoms with Crippen molar-refractivity contribution in [2.45, 2.75) is 39.7 Å². The van der Waals surface area contributed by atoms with Crippen molar-refractivity contribution in [1.82, 2.24) is 29.9 Å². The topological polar surface area (TPSA) is 150 Å². The van der Waals surface area contributed by atoms with Crippen LogP contribution in [0.25, 0.3) is 55.7 Å². The molecule has 0 amide bonds. The van der Waals surface area contributed by atoms with Gasteiger partial charge in [-0.3, -0.25) is 9.97 Å². The summed E-state index contributed by atoms with van der Waals surface area (Å²) in [7, 11) is 0. The lowest BCUT2D eigenvalue weighted by Gasteiger charge is -2.35. The number of hydrogen-bond acceptors (Lipinski definition) is 13. The zero-order chi connectivity index (χ0) is 53.3. The van der Waals surface area contributed by atoms with Crippen molar-refractivity contribution < 1.29 is 27.0 Å². The minimum Gasteiger partial charge on any atom is -0.378 e. The van der Waals surface area contributed by atoms with Gasteiger partial charge in [0.2, 0.25) is 0 Å². The van der Waals surface area contributed by atoms with Crippen molar-refractivity contribution in [1.29, 1.82) is 5.26 Å². The minimum absolute atomic E-state index is 0.0598. The van der Waals surface area contributed by atoms with Gasteiger partial charge >= 0.3 is 0 Å². The first-order chi connectivity index (χ1) is 37.4. The summed E-state index contributed by atoms with van der Waals surface area (Å²) in [6.45, 7) is 9.37. The van der Waals surface area contributed by atoms with Crippen molar-refractivity contribution in [3.63, 3.8) is 0 Å². The van der Waals surface area contributed by atoms with Crippen LogP contribution in [0.2, 0.25) is 0 Å². The first-order valence-electron chi connectivity index (χ1n) is 25.2. The molecule has 0 aliphatic carbocycles. The number of fused-ring (bicyclic) bond motifs is 2. The van der Waals surface area contributed by atoms with Gasteiger partial charge in [-0.15, -0.1) is 0 Å². The lowest BCUT2D eigenvalue weighted by Crippen LogP contribution is -2.43. The Labute approximate surface area is 450 Å². The zero-order valence-electron chi connectivity index (χ0n) is 42.2. The fraction of sp³-hybridized carbons (Fsp3) is 0.237. The van der Waals surface area contributed by atoms with Crippen molar-refractivity contribution in [2.75, 3.05) is 66.4 Å². The van der Waals surface area contributed by atoms with E-state index in [9.17, 15) is 9.65 Å². The predicted octanol–water partition coefficient (Wildman–Crippen LogP) is 13.0. The van der Waals surface area contributed by atoms with Crippen LogP contribution in [0.1, 0.15) is 35.6 Å². The molecule has 2 aliphatic rings. The number of anilines is 6. The Bertz CT molecular complexity index is 3730. The van der Waals surface area contributed by atoms with E-state index >= 15 is 13.2 Å². The van der Waals surface area contributed by atoms with Crippen LogP contribution in [0.15, 0.2) is 120 Å². The highest BCUT2D eigenvalue weighted by molar-refractivity contribution is 9.10. The van der Waals surface area contributed by atoms with Gasteiger partial charge in [-0.25, -0.2) is 37.5 Å². The highest BCUT2D eigenvalue weighted by Gasteiger charge is 2.29. The van der Waals surface area contributed by atoms with Gasteiger partial charge in [0.1, 0.15) is 34.9 Å². The van der Waals surface area contributed by atoms with Crippen molar-refractivity contribution in [2.24, 2.45) is 5.92 Å². The standard InChI is InChI=1S/C59H50BrF4N11O2/c1-33(23-40-43(62)26-50-54(55(40)64)59(35(3)57(73-50)46-9-5-7-15-67-46)71-48-28-51(69-31-42(48)60)74-16-19-76-20-17-74)22-39-32-75(18-21-77-39)52-27-47(41(30-68-52)37-12-10-36(29-65)11-13-37)70-58-34(2)56(45-8-4-6-14-66-45)72-49-25-38(61)24-44(63)53(49)58/h4-15,24-28,30-31,33,39H,16-23,32H2,1-3H3,(H,68,70,72)(H,69,71,73). The van der Waals surface area contributed by atoms with Crippen LogP contribution in [0, 0.1) is 54.4 Å².